The van der Waals surface area contributed by atoms with Crippen molar-refractivity contribution in [3.05, 3.63) is 57.5 Å². The highest BCUT2D eigenvalue weighted by molar-refractivity contribution is 7.99. The SMILES string of the molecule is Cn1c(COc2ccccc2Cl)nnc1SCCc1cccs1. The summed E-state index contributed by atoms with van der Waals surface area (Å²) in [5.74, 6) is 2.42. The van der Waals surface area contributed by atoms with Gasteiger partial charge in [-0.2, -0.15) is 0 Å². The topological polar surface area (TPSA) is 39.9 Å². The van der Waals surface area contributed by atoms with Gasteiger partial charge in [0.1, 0.15) is 12.4 Å². The Hall–Kier alpha value is -1.50. The van der Waals surface area contributed by atoms with Crippen molar-refractivity contribution in [3.63, 3.8) is 0 Å². The Morgan fingerprint density at radius 1 is 1.22 bits per heavy atom. The number of thiophene rings is 1. The van der Waals surface area contributed by atoms with Crippen LogP contribution in [0.5, 0.6) is 5.75 Å². The van der Waals surface area contributed by atoms with Crippen LogP contribution in [0.1, 0.15) is 10.7 Å². The first-order valence-electron chi connectivity index (χ1n) is 7.15. The Morgan fingerprint density at radius 2 is 2.09 bits per heavy atom. The van der Waals surface area contributed by atoms with E-state index in [1.807, 2.05) is 29.8 Å². The van der Waals surface area contributed by atoms with Gasteiger partial charge in [0.2, 0.25) is 0 Å². The summed E-state index contributed by atoms with van der Waals surface area (Å²) >= 11 is 9.57. The van der Waals surface area contributed by atoms with Crippen molar-refractivity contribution in [2.45, 2.75) is 18.2 Å². The Balaban J connectivity index is 1.55. The first kappa shape index (κ1) is 16.4. The minimum atomic E-state index is 0.346. The molecule has 2 heterocycles. The monoisotopic (exact) mass is 365 g/mol. The number of aryl methyl sites for hydroxylation is 1. The summed E-state index contributed by atoms with van der Waals surface area (Å²) in [7, 11) is 1.96. The molecule has 0 N–H and O–H groups in total. The maximum Gasteiger partial charge on any atom is 0.191 e. The minimum Gasteiger partial charge on any atom is -0.484 e. The Morgan fingerprint density at radius 3 is 2.87 bits per heavy atom. The fourth-order valence-electron chi connectivity index (χ4n) is 2.00. The van der Waals surface area contributed by atoms with Crippen molar-refractivity contribution < 1.29 is 4.74 Å². The molecule has 0 aliphatic heterocycles. The molecule has 7 heteroatoms. The lowest BCUT2D eigenvalue weighted by molar-refractivity contribution is 0.290. The molecule has 0 bridgehead atoms. The van der Waals surface area contributed by atoms with Gasteiger partial charge in [-0.1, -0.05) is 41.6 Å². The van der Waals surface area contributed by atoms with Crippen LogP contribution in [0.15, 0.2) is 46.9 Å². The van der Waals surface area contributed by atoms with E-state index in [2.05, 4.69) is 27.7 Å². The fraction of sp³-hybridized carbons (Fsp3) is 0.250. The molecule has 0 unspecified atom stereocenters. The summed E-state index contributed by atoms with van der Waals surface area (Å²) in [6.45, 7) is 0.346. The predicted molar refractivity (Wildman–Crippen MR) is 95.5 cm³/mol. The molecule has 1 aromatic carbocycles. The molecular weight excluding hydrogens is 350 g/mol. The predicted octanol–water partition coefficient (Wildman–Crippen LogP) is 4.44. The molecule has 0 spiro atoms. The molecule has 0 saturated carbocycles. The van der Waals surface area contributed by atoms with Crippen molar-refractivity contribution in [2.75, 3.05) is 5.75 Å². The first-order chi connectivity index (χ1) is 11.2. The second-order valence-electron chi connectivity index (χ2n) is 4.85. The third-order valence-corrected chi connectivity index (χ3v) is 5.55. The van der Waals surface area contributed by atoms with Gasteiger partial charge in [-0.15, -0.1) is 21.5 Å². The Bertz CT molecular complexity index is 759. The molecule has 120 valence electrons. The lowest BCUT2D eigenvalue weighted by Gasteiger charge is -2.07. The normalized spacial score (nSPS) is 10.9. The van der Waals surface area contributed by atoms with Crippen molar-refractivity contribution in [1.29, 1.82) is 0 Å². The number of nitrogens with zero attached hydrogens (tertiary/aromatic N) is 3. The summed E-state index contributed by atoms with van der Waals surface area (Å²) in [6.07, 6.45) is 1.04. The van der Waals surface area contributed by atoms with E-state index in [0.29, 0.717) is 17.4 Å². The zero-order valence-electron chi connectivity index (χ0n) is 12.6. The number of hydrogen-bond acceptors (Lipinski definition) is 5. The van der Waals surface area contributed by atoms with Gasteiger partial charge in [-0.05, 0) is 30.0 Å². The molecule has 2 aromatic heterocycles. The molecule has 3 aromatic rings. The van der Waals surface area contributed by atoms with E-state index in [1.165, 1.54) is 4.88 Å². The molecule has 0 aliphatic carbocycles. The van der Waals surface area contributed by atoms with Crippen LogP contribution in [0.25, 0.3) is 0 Å². The Kier molecular flexibility index (Phi) is 5.59. The van der Waals surface area contributed by atoms with Crippen LogP contribution in [0, 0.1) is 0 Å². The molecule has 4 nitrogen and oxygen atoms in total. The standard InChI is InChI=1S/C16H16ClN3OS2/c1-20-15(11-21-14-7-3-2-6-13(14)17)18-19-16(20)23-10-8-12-5-4-9-22-12/h2-7,9H,8,10-11H2,1H3. The average molecular weight is 366 g/mol. The van der Waals surface area contributed by atoms with Crippen LogP contribution in [-0.4, -0.2) is 20.5 Å². The van der Waals surface area contributed by atoms with E-state index in [4.69, 9.17) is 16.3 Å². The number of halogens is 1. The second kappa shape index (κ2) is 7.86. The van der Waals surface area contributed by atoms with Crippen LogP contribution in [-0.2, 0) is 20.1 Å². The van der Waals surface area contributed by atoms with Gasteiger partial charge in [-0.25, -0.2) is 0 Å². The summed E-state index contributed by atoms with van der Waals surface area (Å²) in [5.41, 5.74) is 0. The lowest BCUT2D eigenvalue weighted by Crippen LogP contribution is -2.04. The fourth-order valence-corrected chi connectivity index (χ4v) is 3.93. The highest BCUT2D eigenvalue weighted by Gasteiger charge is 2.10. The average Bonchev–Trinajstić information content (AvgIpc) is 3.18. The van der Waals surface area contributed by atoms with Gasteiger partial charge in [0.25, 0.3) is 0 Å². The van der Waals surface area contributed by atoms with Gasteiger partial charge >= 0.3 is 0 Å². The van der Waals surface area contributed by atoms with Crippen LogP contribution >= 0.6 is 34.7 Å². The summed E-state index contributed by atoms with van der Waals surface area (Å²) in [4.78, 5) is 1.39. The van der Waals surface area contributed by atoms with Crippen LogP contribution in [0.2, 0.25) is 5.02 Å². The molecule has 0 fully saturated rings. The maximum atomic E-state index is 6.08. The van der Waals surface area contributed by atoms with Crippen LogP contribution in [0.4, 0.5) is 0 Å². The van der Waals surface area contributed by atoms with Crippen molar-refractivity contribution in [1.82, 2.24) is 14.8 Å². The molecule has 3 rings (SSSR count). The molecule has 0 saturated heterocycles. The summed E-state index contributed by atoms with van der Waals surface area (Å²) in [5, 5.41) is 12.0. The largest absolute Gasteiger partial charge is 0.484 e. The number of para-hydroxylation sites is 1. The summed E-state index contributed by atoms with van der Waals surface area (Å²) < 4.78 is 7.69. The van der Waals surface area contributed by atoms with Gasteiger partial charge in [0.05, 0.1) is 5.02 Å². The number of ether oxygens (including phenoxy) is 1. The van der Waals surface area contributed by atoms with E-state index in [1.54, 1.807) is 29.2 Å². The third kappa shape index (κ3) is 4.28. The number of thioether (sulfide) groups is 1. The van der Waals surface area contributed by atoms with Crippen LogP contribution < -0.4 is 4.74 Å². The Labute approximate surface area is 148 Å². The molecule has 23 heavy (non-hydrogen) atoms. The third-order valence-electron chi connectivity index (χ3n) is 3.28. The molecule has 0 atom stereocenters. The lowest BCUT2D eigenvalue weighted by atomic mass is 10.3. The smallest absolute Gasteiger partial charge is 0.191 e. The van der Waals surface area contributed by atoms with E-state index < -0.39 is 0 Å². The molecule has 0 radical (unpaired) electrons. The van der Waals surface area contributed by atoms with E-state index in [0.717, 1.165) is 23.2 Å². The maximum absolute atomic E-state index is 6.08. The number of aromatic nitrogens is 3. The van der Waals surface area contributed by atoms with Gasteiger partial charge in [0.15, 0.2) is 11.0 Å². The molecular formula is C16H16ClN3OS2. The van der Waals surface area contributed by atoms with E-state index in [-0.39, 0.29) is 0 Å². The second-order valence-corrected chi connectivity index (χ2v) is 7.36. The van der Waals surface area contributed by atoms with Gasteiger partial charge < -0.3 is 9.30 Å². The van der Waals surface area contributed by atoms with Crippen LogP contribution in [0.3, 0.4) is 0 Å². The molecule has 0 amide bonds. The molecule has 0 aliphatic rings. The van der Waals surface area contributed by atoms with Gasteiger partial charge in [0, 0.05) is 17.7 Å². The summed E-state index contributed by atoms with van der Waals surface area (Å²) in [6, 6.07) is 11.7. The van der Waals surface area contributed by atoms with E-state index >= 15 is 0 Å². The van der Waals surface area contributed by atoms with Crippen molar-refractivity contribution in [3.8, 4) is 5.75 Å². The van der Waals surface area contributed by atoms with E-state index in [9.17, 15) is 0 Å². The van der Waals surface area contributed by atoms with Gasteiger partial charge in [-0.3, -0.25) is 0 Å². The quantitative estimate of drug-likeness (QED) is 0.580. The number of rotatable bonds is 7. The first-order valence-corrected chi connectivity index (χ1v) is 9.39. The van der Waals surface area contributed by atoms with Crippen molar-refractivity contribution >= 4 is 34.7 Å². The van der Waals surface area contributed by atoms with Crippen molar-refractivity contribution in [2.24, 2.45) is 7.05 Å². The zero-order valence-corrected chi connectivity index (χ0v) is 15.0. The minimum absolute atomic E-state index is 0.346. The highest BCUT2D eigenvalue weighted by Crippen LogP contribution is 2.24. The number of benzene rings is 1. The highest BCUT2D eigenvalue weighted by atomic mass is 35.5. The number of hydrogen-bond donors (Lipinski definition) is 0. The zero-order chi connectivity index (χ0) is 16.1.